The molecule has 7 atom stereocenters. The highest BCUT2D eigenvalue weighted by atomic mass is 32.1. The molecule has 3 heterocycles. The first-order valence-electron chi connectivity index (χ1n) is 21.5. The molecule has 4 aliphatic carbocycles. The second-order valence-corrected chi connectivity index (χ2v) is 20.8. The Kier molecular flexibility index (Phi) is 10.7. The number of thiophene rings is 2. The van der Waals surface area contributed by atoms with Crippen LogP contribution in [-0.4, -0.2) is 47.2 Å². The van der Waals surface area contributed by atoms with Crippen molar-refractivity contribution in [2.24, 2.45) is 45.2 Å². The number of aliphatic imine (C=N–C) groups is 1. The lowest BCUT2D eigenvalue weighted by molar-refractivity contribution is 0.0337. The monoisotopic (exact) mass is 824 g/mol. The summed E-state index contributed by atoms with van der Waals surface area (Å²) < 4.78 is 0. The number of rotatable bonds is 4. The van der Waals surface area contributed by atoms with Crippen molar-refractivity contribution in [2.45, 2.75) is 103 Å². The van der Waals surface area contributed by atoms with E-state index in [1.54, 1.807) is 35.8 Å². The normalized spacial score (nSPS) is 29.6. The standard InChI is InChI=1S/C50H56N4O3S2/c1-4-8-37-13-16-43(58-37)44-17-18-45(59-44)46(56)39-15-12-34-27-50(39)28-40(49(29-50)19-5-6-20-49)33-11-14-38-35(24-41(34)54-47(51)52-3)23-36(55)25-42(38)53-30-48(2,57)26-32-10-7-9-31(21-32)22-33/h7,9-10,13,16-18,21,23,25,33-34,39-41,53,55,57H,5-6,12,15,19-20,22,24,26-30H2,1-3H3,(H3,51,52,54)/t33-,34+,39-,40-,41-,48-,50-/m0/s1. The van der Waals surface area contributed by atoms with Crippen molar-refractivity contribution in [1.29, 1.82) is 0 Å². The number of Topliss-reactive ketones (excluding diaryl/α,β-unsaturated/α-hetero) is 1. The van der Waals surface area contributed by atoms with Crippen LogP contribution in [0.15, 0.2) is 65.7 Å². The maximum Gasteiger partial charge on any atom is 0.188 e. The van der Waals surface area contributed by atoms with Gasteiger partial charge in [0.25, 0.3) is 0 Å². The lowest BCUT2D eigenvalue weighted by Crippen LogP contribution is -2.50. The fourth-order valence-corrected chi connectivity index (χ4v) is 14.1. The molecule has 0 radical (unpaired) electrons. The van der Waals surface area contributed by atoms with Gasteiger partial charge in [0.2, 0.25) is 0 Å². The van der Waals surface area contributed by atoms with Gasteiger partial charge in [-0.1, -0.05) is 54.9 Å². The molecule has 9 heteroatoms. The predicted molar refractivity (Wildman–Crippen MR) is 241 cm³/mol. The fraction of sp³-hybridized carbons (Fsp3) is 0.480. The number of carbonyl (C=O) groups excluding carboxylic acids is 1. The van der Waals surface area contributed by atoms with E-state index in [1.807, 2.05) is 19.9 Å². The number of fused-ring (bicyclic) bond motifs is 7. The smallest absolute Gasteiger partial charge is 0.188 e. The molecule has 5 aliphatic rings. The van der Waals surface area contributed by atoms with Crippen molar-refractivity contribution < 1.29 is 15.0 Å². The summed E-state index contributed by atoms with van der Waals surface area (Å²) in [5.41, 5.74) is 10.3. The number of ketones is 1. The lowest BCUT2D eigenvalue weighted by Gasteiger charge is -2.47. The lowest BCUT2D eigenvalue weighted by atomic mass is 9.58. The minimum Gasteiger partial charge on any atom is -0.508 e. The van der Waals surface area contributed by atoms with Crippen LogP contribution < -0.4 is 16.4 Å². The van der Waals surface area contributed by atoms with E-state index in [1.165, 1.54) is 31.2 Å². The van der Waals surface area contributed by atoms with Gasteiger partial charge in [0.1, 0.15) is 5.75 Å². The van der Waals surface area contributed by atoms with Gasteiger partial charge < -0.3 is 26.6 Å². The van der Waals surface area contributed by atoms with E-state index >= 15 is 4.79 Å². The second kappa shape index (κ2) is 15.8. The van der Waals surface area contributed by atoms with Crippen molar-refractivity contribution in [3.63, 3.8) is 0 Å². The number of nitrogens with zero attached hydrogens (tertiary/aromatic N) is 1. The minimum atomic E-state index is -1.04. The van der Waals surface area contributed by atoms with Crippen LogP contribution >= 0.6 is 22.7 Å². The van der Waals surface area contributed by atoms with Crippen LogP contribution in [0.4, 0.5) is 5.69 Å². The third-order valence-electron chi connectivity index (χ3n) is 14.6. The Morgan fingerprint density at radius 3 is 2.61 bits per heavy atom. The van der Waals surface area contributed by atoms with E-state index in [-0.39, 0.29) is 40.4 Å². The number of aliphatic hydroxyl groups is 1. The largest absolute Gasteiger partial charge is 0.508 e. The molecule has 1 aliphatic heterocycles. The highest BCUT2D eigenvalue weighted by Crippen LogP contribution is 2.69. The van der Waals surface area contributed by atoms with Gasteiger partial charge in [-0.2, -0.15) is 0 Å². The molecule has 2 spiro atoms. The molecule has 7 nitrogen and oxygen atoms in total. The number of benzene rings is 2. The molecule has 306 valence electrons. The molecule has 0 unspecified atom stereocenters. The van der Waals surface area contributed by atoms with Gasteiger partial charge in [-0.25, -0.2) is 0 Å². The van der Waals surface area contributed by atoms with E-state index in [4.69, 9.17) is 5.73 Å². The molecule has 0 amide bonds. The van der Waals surface area contributed by atoms with Crippen molar-refractivity contribution in [2.75, 3.05) is 18.9 Å². The number of nitrogens with one attached hydrogen (secondary N) is 2. The Morgan fingerprint density at radius 1 is 1.00 bits per heavy atom. The molecule has 6 N–H and O–H groups in total. The average Bonchev–Trinajstić information content (AvgIpc) is 4.03. The minimum absolute atomic E-state index is 0.0680. The van der Waals surface area contributed by atoms with Crippen LogP contribution in [0.2, 0.25) is 0 Å². The topological polar surface area (TPSA) is 120 Å². The van der Waals surface area contributed by atoms with Gasteiger partial charge in [-0.3, -0.25) is 9.79 Å². The summed E-state index contributed by atoms with van der Waals surface area (Å²) in [5, 5.41) is 30.1. The summed E-state index contributed by atoms with van der Waals surface area (Å²) in [6, 6.07) is 20.7. The molecular weight excluding hydrogens is 769 g/mol. The predicted octanol–water partition coefficient (Wildman–Crippen LogP) is 9.20. The van der Waals surface area contributed by atoms with Crippen molar-refractivity contribution in [1.82, 2.24) is 5.32 Å². The number of hydrogen-bond acceptors (Lipinski definition) is 7. The Hall–Kier alpha value is -4.54. The zero-order valence-electron chi connectivity index (χ0n) is 34.5. The van der Waals surface area contributed by atoms with Gasteiger partial charge in [-0.15, -0.1) is 28.6 Å². The summed E-state index contributed by atoms with van der Waals surface area (Å²) in [6.45, 7) is 4.04. The number of hydrogen-bond donors (Lipinski definition) is 5. The number of phenolic OH excluding ortho intramolecular Hbond substituents is 1. The Morgan fingerprint density at radius 2 is 1.80 bits per heavy atom. The van der Waals surface area contributed by atoms with E-state index < -0.39 is 5.60 Å². The van der Waals surface area contributed by atoms with E-state index in [9.17, 15) is 10.2 Å². The molecule has 3 saturated carbocycles. The van der Waals surface area contributed by atoms with E-state index in [0.717, 1.165) is 80.4 Å². The first-order chi connectivity index (χ1) is 28.4. The van der Waals surface area contributed by atoms with Gasteiger partial charge >= 0.3 is 0 Å². The maximum absolute atomic E-state index is 15.2. The zero-order chi connectivity index (χ0) is 40.9. The number of β-amino-alcohol motifs (C(OH)–C–C–N with tert-alkyl or cyclic N) is 1. The van der Waals surface area contributed by atoms with Crippen LogP contribution in [0.25, 0.3) is 9.75 Å². The van der Waals surface area contributed by atoms with Crippen LogP contribution in [0, 0.1) is 58.2 Å². The molecule has 9 rings (SSSR count). The van der Waals surface area contributed by atoms with Crippen LogP contribution in [0.5, 0.6) is 5.75 Å². The third kappa shape index (κ3) is 7.83. The molecule has 0 saturated heterocycles. The first-order valence-corrected chi connectivity index (χ1v) is 23.2. The second-order valence-electron chi connectivity index (χ2n) is 18.6. The van der Waals surface area contributed by atoms with Gasteiger partial charge in [-0.05, 0) is 141 Å². The summed E-state index contributed by atoms with van der Waals surface area (Å²) in [7, 11) is 1.71. The number of anilines is 1. The number of guanidine groups is 1. The fourth-order valence-electron chi connectivity index (χ4n) is 12.1. The van der Waals surface area contributed by atoms with E-state index in [2.05, 4.69) is 87.8 Å². The Balaban J connectivity index is 1.19. The van der Waals surface area contributed by atoms with Gasteiger partial charge in [0.15, 0.2) is 11.7 Å². The average molecular weight is 825 g/mol. The number of nitrogens with two attached hydrogens (primary N) is 1. The van der Waals surface area contributed by atoms with Crippen LogP contribution in [0.3, 0.4) is 0 Å². The van der Waals surface area contributed by atoms with Crippen molar-refractivity contribution in [3.05, 3.63) is 92.7 Å². The molecule has 59 heavy (non-hydrogen) atoms. The highest BCUT2D eigenvalue weighted by Gasteiger charge is 2.62. The Bertz CT molecular complexity index is 2420. The van der Waals surface area contributed by atoms with Crippen LogP contribution in [0.1, 0.15) is 108 Å². The van der Waals surface area contributed by atoms with Gasteiger partial charge in [0, 0.05) is 53.7 Å². The summed E-state index contributed by atoms with van der Waals surface area (Å²) in [5.74, 6) is 15.3. The van der Waals surface area contributed by atoms with E-state index in [0.29, 0.717) is 37.0 Å². The molecule has 2 aromatic heterocycles. The summed E-state index contributed by atoms with van der Waals surface area (Å²) in [4.78, 5) is 23.8. The van der Waals surface area contributed by atoms with Crippen molar-refractivity contribution >= 4 is 40.1 Å². The maximum atomic E-state index is 15.2. The molecule has 4 aromatic rings. The van der Waals surface area contributed by atoms with Crippen LogP contribution in [-0.2, 0) is 19.3 Å². The summed E-state index contributed by atoms with van der Waals surface area (Å²) >= 11 is 3.32. The number of carbonyl (C=O) groups is 1. The Labute approximate surface area is 357 Å². The molecule has 7 bridgehead atoms. The highest BCUT2D eigenvalue weighted by molar-refractivity contribution is 7.23. The SMILES string of the molecule is CC#Cc1ccc(-c2ccc(C(=O)[C@@H]3CC[C@@H]4C[C@@]35C[C@@H]([C@H]3C#Cc6c(cc(O)cc6NC[C@@](C)(O)Cc6cccc(c6)C3)C[C@@H]4NC(N)=NC)C3(CCCC3)C5)s2)s1. The summed E-state index contributed by atoms with van der Waals surface area (Å²) in [6.07, 6.45) is 11.3. The number of aromatic hydroxyl groups is 1. The zero-order valence-corrected chi connectivity index (χ0v) is 36.1. The molecule has 2 aromatic carbocycles. The number of phenols is 1. The van der Waals surface area contributed by atoms with Gasteiger partial charge in [0.05, 0.1) is 26.6 Å². The quantitative estimate of drug-likeness (QED) is 0.0606. The molecule has 3 fully saturated rings. The first kappa shape index (κ1) is 39.9. The molecular formula is C50H56N4O3S2. The third-order valence-corrected chi connectivity index (χ3v) is 16.9. The van der Waals surface area contributed by atoms with Crippen molar-refractivity contribution in [3.8, 4) is 39.2 Å².